The Balaban J connectivity index is 1.66. The summed E-state index contributed by atoms with van der Waals surface area (Å²) in [7, 11) is 0. The predicted molar refractivity (Wildman–Crippen MR) is 117 cm³/mol. The highest BCUT2D eigenvalue weighted by atomic mass is 35.5. The van der Waals surface area contributed by atoms with E-state index in [0.29, 0.717) is 10.2 Å². The molecule has 1 aliphatic heterocycles. The number of carbonyl (C=O) groups is 1. The number of nitrogens with one attached hydrogen (secondary N) is 2. The van der Waals surface area contributed by atoms with Crippen LogP contribution in [0.1, 0.15) is 35.5 Å². The van der Waals surface area contributed by atoms with Crippen molar-refractivity contribution in [1.82, 2.24) is 14.9 Å². The van der Waals surface area contributed by atoms with Gasteiger partial charge >= 0.3 is 0 Å². The Kier molecular flexibility index (Phi) is 5.52. The Labute approximate surface area is 179 Å². The molecule has 6 nitrogen and oxygen atoms in total. The van der Waals surface area contributed by atoms with Gasteiger partial charge in [0.25, 0.3) is 0 Å². The largest absolute Gasteiger partial charge is 0.325 e. The molecule has 0 spiro atoms. The lowest BCUT2D eigenvalue weighted by atomic mass is 10.0. The highest BCUT2D eigenvalue weighted by Crippen LogP contribution is 2.38. The van der Waals surface area contributed by atoms with E-state index >= 15 is 0 Å². The van der Waals surface area contributed by atoms with Crippen LogP contribution in [-0.4, -0.2) is 26.0 Å². The molecule has 0 fully saturated rings. The summed E-state index contributed by atoms with van der Waals surface area (Å²) < 4.78 is 1.88. The summed E-state index contributed by atoms with van der Waals surface area (Å²) in [6, 6.07) is 13.2. The fourth-order valence-corrected chi connectivity index (χ4v) is 4.51. The molecule has 1 aliphatic rings. The highest BCUT2D eigenvalue weighted by molar-refractivity contribution is 8.00. The molecule has 3 aromatic rings. The average molecular weight is 428 g/mol. The number of hydrogen-bond donors (Lipinski definition) is 2. The van der Waals surface area contributed by atoms with Crippen LogP contribution >= 0.6 is 23.4 Å². The minimum absolute atomic E-state index is 0.0852. The van der Waals surface area contributed by atoms with Crippen LogP contribution in [0, 0.1) is 13.8 Å². The van der Waals surface area contributed by atoms with Gasteiger partial charge in [0.1, 0.15) is 5.25 Å². The molecule has 1 amide bonds. The van der Waals surface area contributed by atoms with Crippen LogP contribution in [0.25, 0.3) is 0 Å². The molecule has 0 aliphatic carbocycles. The summed E-state index contributed by atoms with van der Waals surface area (Å²) in [5, 5.41) is 12.5. The van der Waals surface area contributed by atoms with Crippen LogP contribution in [0.3, 0.4) is 0 Å². The number of thioether (sulfide) groups is 1. The van der Waals surface area contributed by atoms with Crippen molar-refractivity contribution in [3.63, 3.8) is 0 Å². The first-order chi connectivity index (χ1) is 14.0. The number of benzene rings is 2. The van der Waals surface area contributed by atoms with Gasteiger partial charge < -0.3 is 10.7 Å². The Morgan fingerprint density at radius 2 is 1.93 bits per heavy atom. The SMILES string of the molecule is CCc1nnc2n1N[C@H](c1ccc(Cl)cc1)[C@@H](C(=O)Nc1ccc(C)c(C)c1)S2. The molecular weight excluding hydrogens is 406 g/mol. The van der Waals surface area contributed by atoms with Crippen LogP contribution in [0.2, 0.25) is 5.02 Å². The first-order valence-corrected chi connectivity index (χ1v) is 10.7. The predicted octanol–water partition coefficient (Wildman–Crippen LogP) is 4.51. The summed E-state index contributed by atoms with van der Waals surface area (Å²) >= 11 is 7.48. The fourth-order valence-electron chi connectivity index (χ4n) is 3.28. The lowest BCUT2D eigenvalue weighted by molar-refractivity contribution is -0.116. The number of anilines is 1. The smallest absolute Gasteiger partial charge is 0.240 e. The molecule has 8 heteroatoms. The van der Waals surface area contributed by atoms with Crippen molar-refractivity contribution < 1.29 is 4.79 Å². The summed E-state index contributed by atoms with van der Waals surface area (Å²) in [6.45, 7) is 6.11. The Morgan fingerprint density at radius 3 is 2.62 bits per heavy atom. The fraction of sp³-hybridized carbons (Fsp3) is 0.286. The second-order valence-corrected chi connectivity index (χ2v) is 8.62. The van der Waals surface area contributed by atoms with Gasteiger partial charge in [-0.05, 0) is 54.8 Å². The number of halogens is 1. The van der Waals surface area contributed by atoms with Gasteiger partial charge in [-0.3, -0.25) is 4.79 Å². The zero-order valence-electron chi connectivity index (χ0n) is 16.4. The molecule has 2 heterocycles. The quantitative estimate of drug-likeness (QED) is 0.641. The Hall–Kier alpha value is -2.51. The van der Waals surface area contributed by atoms with E-state index in [4.69, 9.17) is 11.6 Å². The third kappa shape index (κ3) is 3.97. The van der Waals surface area contributed by atoms with Crippen LogP contribution in [-0.2, 0) is 11.2 Å². The van der Waals surface area contributed by atoms with Gasteiger partial charge in [-0.15, -0.1) is 10.2 Å². The molecule has 0 radical (unpaired) electrons. The molecule has 0 bridgehead atoms. The van der Waals surface area contributed by atoms with Gasteiger partial charge in [0.2, 0.25) is 11.1 Å². The van der Waals surface area contributed by atoms with E-state index in [0.717, 1.165) is 29.1 Å². The van der Waals surface area contributed by atoms with Crippen molar-refractivity contribution in [3.8, 4) is 0 Å². The number of rotatable bonds is 4. The summed E-state index contributed by atoms with van der Waals surface area (Å²) in [5.41, 5.74) is 7.53. The van der Waals surface area contributed by atoms with Crippen LogP contribution in [0.5, 0.6) is 0 Å². The molecule has 0 saturated carbocycles. The van der Waals surface area contributed by atoms with Gasteiger partial charge in [0, 0.05) is 17.1 Å². The van der Waals surface area contributed by atoms with Gasteiger partial charge in [0.15, 0.2) is 5.82 Å². The van der Waals surface area contributed by atoms with Crippen molar-refractivity contribution >= 4 is 35.0 Å². The molecule has 29 heavy (non-hydrogen) atoms. The zero-order valence-corrected chi connectivity index (χ0v) is 18.0. The van der Waals surface area contributed by atoms with E-state index < -0.39 is 5.25 Å². The number of hydrogen-bond acceptors (Lipinski definition) is 5. The molecule has 1 aromatic heterocycles. The van der Waals surface area contributed by atoms with E-state index in [1.165, 1.54) is 17.3 Å². The highest BCUT2D eigenvalue weighted by Gasteiger charge is 2.37. The third-order valence-electron chi connectivity index (χ3n) is 5.08. The number of aromatic nitrogens is 3. The molecule has 150 valence electrons. The monoisotopic (exact) mass is 427 g/mol. The summed E-state index contributed by atoms with van der Waals surface area (Å²) in [4.78, 5) is 13.2. The summed E-state index contributed by atoms with van der Waals surface area (Å²) in [6.07, 6.45) is 0.743. The van der Waals surface area contributed by atoms with E-state index in [9.17, 15) is 4.79 Å². The molecule has 0 unspecified atom stereocenters. The molecule has 2 N–H and O–H groups in total. The van der Waals surface area contributed by atoms with Gasteiger partial charge in [-0.1, -0.05) is 48.5 Å². The van der Waals surface area contributed by atoms with E-state index in [1.54, 1.807) is 0 Å². The maximum Gasteiger partial charge on any atom is 0.240 e. The summed E-state index contributed by atoms with van der Waals surface area (Å²) in [5.74, 6) is 0.748. The topological polar surface area (TPSA) is 71.8 Å². The number of fused-ring (bicyclic) bond motifs is 1. The van der Waals surface area contributed by atoms with E-state index in [1.807, 2.05) is 61.0 Å². The van der Waals surface area contributed by atoms with Crippen LogP contribution in [0.4, 0.5) is 5.69 Å². The second kappa shape index (κ2) is 8.08. The Bertz CT molecular complexity index is 1050. The molecule has 2 aromatic carbocycles. The lowest BCUT2D eigenvalue weighted by Gasteiger charge is -2.33. The first-order valence-electron chi connectivity index (χ1n) is 9.47. The molecule has 2 atom stereocenters. The van der Waals surface area contributed by atoms with Crippen molar-refractivity contribution in [2.24, 2.45) is 0 Å². The standard InChI is InChI=1S/C21H22ClN5OS/c1-4-17-24-25-21-27(17)26-18(14-6-8-15(22)9-7-14)19(29-21)20(28)23-16-10-5-12(2)13(3)11-16/h5-11,18-19,26H,4H2,1-3H3,(H,23,28)/t18-,19+/m1/s1. The average Bonchev–Trinajstić information content (AvgIpc) is 3.12. The van der Waals surface area contributed by atoms with Crippen molar-refractivity contribution in [2.45, 2.75) is 43.6 Å². The number of aryl methyl sites for hydroxylation is 3. The maximum atomic E-state index is 13.2. The normalized spacial score (nSPS) is 18.1. The number of amides is 1. The Morgan fingerprint density at radius 1 is 1.17 bits per heavy atom. The minimum atomic E-state index is -0.417. The second-order valence-electron chi connectivity index (χ2n) is 7.07. The minimum Gasteiger partial charge on any atom is -0.325 e. The van der Waals surface area contributed by atoms with Gasteiger partial charge in [0.05, 0.1) is 6.04 Å². The van der Waals surface area contributed by atoms with Crippen LogP contribution < -0.4 is 10.7 Å². The number of nitrogens with zero attached hydrogens (tertiary/aromatic N) is 3. The van der Waals surface area contributed by atoms with Crippen molar-refractivity contribution in [2.75, 3.05) is 10.7 Å². The molecule has 4 rings (SSSR count). The van der Waals surface area contributed by atoms with Gasteiger partial charge in [-0.25, -0.2) is 4.68 Å². The van der Waals surface area contributed by atoms with Crippen LogP contribution in [0.15, 0.2) is 47.6 Å². The van der Waals surface area contributed by atoms with Crippen molar-refractivity contribution in [1.29, 1.82) is 0 Å². The van der Waals surface area contributed by atoms with Crippen molar-refractivity contribution in [3.05, 3.63) is 70.0 Å². The first kappa shape index (κ1) is 19.8. The zero-order chi connectivity index (χ0) is 20.5. The van der Waals surface area contributed by atoms with Gasteiger partial charge in [-0.2, -0.15) is 0 Å². The molecule has 0 saturated heterocycles. The number of carbonyl (C=O) groups excluding carboxylic acids is 1. The molecular formula is C21H22ClN5OS. The third-order valence-corrected chi connectivity index (χ3v) is 6.55. The maximum absolute atomic E-state index is 13.2. The lowest BCUT2D eigenvalue weighted by Crippen LogP contribution is -2.41. The van der Waals surface area contributed by atoms with E-state index in [2.05, 4.69) is 27.9 Å². The van der Waals surface area contributed by atoms with E-state index in [-0.39, 0.29) is 11.9 Å².